The minimum Gasteiger partial charge on any atom is -0.307 e. The van der Waals surface area contributed by atoms with Crippen molar-refractivity contribution in [3.8, 4) is 0 Å². The van der Waals surface area contributed by atoms with Gasteiger partial charge in [-0.05, 0) is 24.6 Å². The molecule has 16 heavy (non-hydrogen) atoms. The lowest BCUT2D eigenvalue weighted by Crippen LogP contribution is -2.17. The Morgan fingerprint density at radius 3 is 2.81 bits per heavy atom. The molecule has 0 saturated carbocycles. The molecule has 1 aromatic rings. The smallest absolute Gasteiger partial charge is 0.263 e. The molecule has 1 aliphatic rings. The second-order valence-electron chi connectivity index (χ2n) is 3.38. The first kappa shape index (κ1) is 11.3. The standard InChI is InChI=1S/C11H8FNOS2/c1-6-2-3-7(8(12)4-6)5-9-10(14)13-11(15)16-9/h2-5H,1H3,(H,13,14,15)/b9-5-. The molecule has 1 aromatic carbocycles. The van der Waals surface area contributed by atoms with E-state index in [2.05, 4.69) is 5.32 Å². The number of carbonyl (C=O) groups is 1. The second kappa shape index (κ2) is 4.35. The van der Waals surface area contributed by atoms with Crippen LogP contribution in [0.25, 0.3) is 6.08 Å². The zero-order valence-electron chi connectivity index (χ0n) is 8.41. The van der Waals surface area contributed by atoms with Crippen LogP contribution < -0.4 is 5.32 Å². The van der Waals surface area contributed by atoms with Crippen LogP contribution in [0.3, 0.4) is 0 Å². The summed E-state index contributed by atoms with van der Waals surface area (Å²) in [6.07, 6.45) is 1.51. The SMILES string of the molecule is Cc1ccc(/C=C2\SC(=S)NC2=O)c(F)c1. The molecule has 0 bridgehead atoms. The Balaban J connectivity index is 2.36. The molecule has 1 aliphatic heterocycles. The number of nitrogens with one attached hydrogen (secondary N) is 1. The molecule has 0 unspecified atom stereocenters. The molecule has 1 amide bonds. The number of thiocarbonyl (C=S) groups is 1. The lowest BCUT2D eigenvalue weighted by molar-refractivity contribution is -0.115. The average molecular weight is 253 g/mol. The maximum Gasteiger partial charge on any atom is 0.263 e. The summed E-state index contributed by atoms with van der Waals surface area (Å²) in [5.74, 6) is -0.603. The van der Waals surface area contributed by atoms with Crippen LogP contribution in [0.4, 0.5) is 4.39 Å². The number of carbonyl (C=O) groups excluding carboxylic acids is 1. The van der Waals surface area contributed by atoms with Crippen LogP contribution >= 0.6 is 24.0 Å². The molecule has 1 fully saturated rings. The van der Waals surface area contributed by atoms with Gasteiger partial charge in [-0.25, -0.2) is 4.39 Å². The largest absolute Gasteiger partial charge is 0.307 e. The monoisotopic (exact) mass is 253 g/mol. The molecule has 0 spiro atoms. The summed E-state index contributed by atoms with van der Waals surface area (Å²) in [6.45, 7) is 1.81. The van der Waals surface area contributed by atoms with Crippen LogP contribution in [0, 0.1) is 12.7 Å². The minimum atomic E-state index is -0.335. The number of thioether (sulfide) groups is 1. The molecule has 0 atom stereocenters. The summed E-state index contributed by atoms with van der Waals surface area (Å²) in [5, 5.41) is 2.48. The Kier molecular flexibility index (Phi) is 3.07. The van der Waals surface area contributed by atoms with E-state index in [1.807, 2.05) is 6.92 Å². The fourth-order valence-electron chi connectivity index (χ4n) is 1.31. The van der Waals surface area contributed by atoms with Crippen molar-refractivity contribution < 1.29 is 9.18 Å². The van der Waals surface area contributed by atoms with Crippen LogP contribution in [0.2, 0.25) is 0 Å². The zero-order chi connectivity index (χ0) is 11.7. The molecule has 0 aromatic heterocycles. The normalized spacial score (nSPS) is 18.0. The van der Waals surface area contributed by atoms with Gasteiger partial charge in [0.05, 0.1) is 4.91 Å². The Bertz CT molecular complexity index is 511. The van der Waals surface area contributed by atoms with Crippen LogP contribution in [-0.4, -0.2) is 10.2 Å². The van der Waals surface area contributed by atoms with Crippen molar-refractivity contribution in [1.82, 2.24) is 5.32 Å². The summed E-state index contributed by atoms with van der Waals surface area (Å²) >= 11 is 5.99. The molecule has 2 rings (SSSR count). The van der Waals surface area contributed by atoms with Crippen molar-refractivity contribution in [1.29, 1.82) is 0 Å². The van der Waals surface area contributed by atoms with Crippen molar-refractivity contribution in [3.63, 3.8) is 0 Å². The van der Waals surface area contributed by atoms with Gasteiger partial charge in [-0.3, -0.25) is 4.79 Å². The molecule has 0 radical (unpaired) electrons. The van der Waals surface area contributed by atoms with Crippen molar-refractivity contribution in [2.75, 3.05) is 0 Å². The summed E-state index contributed by atoms with van der Waals surface area (Å²) in [6, 6.07) is 4.88. The first-order valence-corrected chi connectivity index (χ1v) is 5.80. The van der Waals surface area contributed by atoms with Gasteiger partial charge in [-0.1, -0.05) is 36.1 Å². The molecule has 1 heterocycles. The number of halogens is 1. The van der Waals surface area contributed by atoms with Crippen molar-refractivity contribution in [3.05, 3.63) is 40.0 Å². The Morgan fingerprint density at radius 2 is 2.25 bits per heavy atom. The number of hydrogen-bond acceptors (Lipinski definition) is 3. The van der Waals surface area contributed by atoms with E-state index in [-0.39, 0.29) is 11.7 Å². The second-order valence-corrected chi connectivity index (χ2v) is 5.10. The third-order valence-electron chi connectivity index (χ3n) is 2.08. The number of rotatable bonds is 1. The van der Waals surface area contributed by atoms with Crippen molar-refractivity contribution in [2.45, 2.75) is 6.92 Å². The first-order valence-electron chi connectivity index (χ1n) is 4.57. The van der Waals surface area contributed by atoms with Gasteiger partial charge in [0.25, 0.3) is 5.91 Å². The summed E-state index contributed by atoms with van der Waals surface area (Å²) in [7, 11) is 0. The van der Waals surface area contributed by atoms with E-state index in [0.29, 0.717) is 14.8 Å². The van der Waals surface area contributed by atoms with Gasteiger partial charge in [-0.15, -0.1) is 0 Å². The van der Waals surface area contributed by atoms with E-state index in [9.17, 15) is 9.18 Å². The van der Waals surface area contributed by atoms with E-state index in [1.54, 1.807) is 12.1 Å². The number of hydrogen-bond donors (Lipinski definition) is 1. The van der Waals surface area contributed by atoms with Crippen molar-refractivity contribution >= 4 is 40.3 Å². The lowest BCUT2D eigenvalue weighted by atomic mass is 10.1. The van der Waals surface area contributed by atoms with Crippen LogP contribution in [-0.2, 0) is 4.79 Å². The summed E-state index contributed by atoms with van der Waals surface area (Å²) < 4.78 is 13.9. The van der Waals surface area contributed by atoms with Crippen molar-refractivity contribution in [2.24, 2.45) is 0 Å². The molecule has 0 aliphatic carbocycles. The number of benzene rings is 1. The molecule has 82 valence electrons. The van der Waals surface area contributed by atoms with Gasteiger partial charge < -0.3 is 5.32 Å². The van der Waals surface area contributed by atoms with E-state index in [4.69, 9.17) is 12.2 Å². The fraction of sp³-hybridized carbons (Fsp3) is 0.0909. The van der Waals surface area contributed by atoms with E-state index in [0.717, 1.165) is 17.3 Å². The maximum absolute atomic E-state index is 13.5. The maximum atomic E-state index is 13.5. The van der Waals surface area contributed by atoms with E-state index in [1.165, 1.54) is 12.1 Å². The third kappa shape index (κ3) is 2.31. The lowest BCUT2D eigenvalue weighted by Gasteiger charge is -1.99. The molecule has 2 nitrogen and oxygen atoms in total. The quantitative estimate of drug-likeness (QED) is 0.616. The molecule has 1 N–H and O–H groups in total. The number of amides is 1. The Hall–Kier alpha value is -1.20. The highest BCUT2D eigenvalue weighted by Crippen LogP contribution is 2.26. The summed E-state index contributed by atoms with van der Waals surface area (Å²) in [5.41, 5.74) is 1.24. The third-order valence-corrected chi connectivity index (χ3v) is 3.25. The van der Waals surface area contributed by atoms with E-state index >= 15 is 0 Å². The predicted octanol–water partition coefficient (Wildman–Crippen LogP) is 2.62. The molecular weight excluding hydrogens is 245 g/mol. The highest BCUT2D eigenvalue weighted by molar-refractivity contribution is 8.26. The van der Waals surface area contributed by atoms with Gasteiger partial charge in [0, 0.05) is 5.56 Å². The highest BCUT2D eigenvalue weighted by atomic mass is 32.2. The minimum absolute atomic E-state index is 0.269. The van der Waals surface area contributed by atoms with Crippen LogP contribution in [0.5, 0.6) is 0 Å². The Labute approximate surface area is 102 Å². The van der Waals surface area contributed by atoms with Crippen LogP contribution in [0.15, 0.2) is 23.1 Å². The number of aryl methyl sites for hydroxylation is 1. The Morgan fingerprint density at radius 1 is 1.50 bits per heavy atom. The van der Waals surface area contributed by atoms with E-state index < -0.39 is 0 Å². The van der Waals surface area contributed by atoms with Gasteiger partial charge in [0.2, 0.25) is 0 Å². The highest BCUT2D eigenvalue weighted by Gasteiger charge is 2.22. The molecule has 5 heteroatoms. The topological polar surface area (TPSA) is 29.1 Å². The van der Waals surface area contributed by atoms with Gasteiger partial charge in [0.15, 0.2) is 0 Å². The van der Waals surface area contributed by atoms with Gasteiger partial charge in [0.1, 0.15) is 10.1 Å². The molecular formula is C11H8FNOS2. The molecule has 1 saturated heterocycles. The zero-order valence-corrected chi connectivity index (χ0v) is 10.0. The average Bonchev–Trinajstić information content (AvgIpc) is 2.50. The summed E-state index contributed by atoms with van der Waals surface area (Å²) in [4.78, 5) is 11.8. The fourth-order valence-corrected chi connectivity index (χ4v) is 2.35. The predicted molar refractivity (Wildman–Crippen MR) is 67.4 cm³/mol. The van der Waals surface area contributed by atoms with Gasteiger partial charge >= 0.3 is 0 Å². The first-order chi connectivity index (χ1) is 7.56. The van der Waals surface area contributed by atoms with Crippen LogP contribution in [0.1, 0.15) is 11.1 Å². The van der Waals surface area contributed by atoms with Gasteiger partial charge in [-0.2, -0.15) is 0 Å².